The van der Waals surface area contributed by atoms with Crippen LogP contribution in [-0.4, -0.2) is 35.4 Å². The van der Waals surface area contributed by atoms with Gasteiger partial charge < -0.3 is 14.8 Å². The van der Waals surface area contributed by atoms with Crippen molar-refractivity contribution in [3.63, 3.8) is 0 Å². The minimum absolute atomic E-state index is 0.133. The Bertz CT molecular complexity index is 909. The molecule has 0 amide bonds. The van der Waals surface area contributed by atoms with Crippen LogP contribution in [0.4, 0.5) is 19.0 Å². The number of rotatable bonds is 6. The predicted octanol–water partition coefficient (Wildman–Crippen LogP) is 3.42. The van der Waals surface area contributed by atoms with E-state index in [1.165, 1.54) is 12.3 Å². The normalized spacial score (nSPS) is 11.6. The summed E-state index contributed by atoms with van der Waals surface area (Å²) >= 11 is 0. The molecule has 0 aliphatic carbocycles. The number of benzene rings is 1. The fourth-order valence-corrected chi connectivity index (χ4v) is 2.58. The number of halogens is 3. The molecule has 2 heterocycles. The fourth-order valence-electron chi connectivity index (χ4n) is 2.58. The Morgan fingerprint density at radius 3 is 2.54 bits per heavy atom. The summed E-state index contributed by atoms with van der Waals surface area (Å²) in [5.41, 5.74) is 0.214. The highest BCUT2D eigenvalue weighted by Crippen LogP contribution is 2.31. The smallest absolute Gasteiger partial charge is 0.433 e. The van der Waals surface area contributed by atoms with Crippen LogP contribution in [0.5, 0.6) is 11.5 Å². The van der Waals surface area contributed by atoms with Gasteiger partial charge in [-0.2, -0.15) is 18.3 Å². The first-order valence-electron chi connectivity index (χ1n) is 7.79. The van der Waals surface area contributed by atoms with Crippen LogP contribution in [0.3, 0.4) is 0 Å². The Labute approximate surface area is 147 Å². The lowest BCUT2D eigenvalue weighted by Gasteiger charge is -2.13. The largest absolute Gasteiger partial charge is 0.493 e. The van der Waals surface area contributed by atoms with Gasteiger partial charge in [-0.25, -0.2) is 9.50 Å². The molecule has 138 valence electrons. The van der Waals surface area contributed by atoms with Gasteiger partial charge in [0.25, 0.3) is 0 Å². The van der Waals surface area contributed by atoms with E-state index >= 15 is 0 Å². The Morgan fingerprint density at radius 2 is 1.85 bits per heavy atom. The predicted molar refractivity (Wildman–Crippen MR) is 89.7 cm³/mol. The van der Waals surface area contributed by atoms with Gasteiger partial charge in [-0.1, -0.05) is 6.07 Å². The van der Waals surface area contributed by atoms with Crippen LogP contribution in [0.25, 0.3) is 5.65 Å². The summed E-state index contributed by atoms with van der Waals surface area (Å²) in [6.45, 7) is 0.407. The maximum atomic E-state index is 13.2. The van der Waals surface area contributed by atoms with E-state index < -0.39 is 11.9 Å². The number of nitrogens with one attached hydrogen (secondary N) is 1. The molecule has 0 aliphatic heterocycles. The van der Waals surface area contributed by atoms with E-state index in [2.05, 4.69) is 15.4 Å². The number of methoxy groups -OCH3 is 2. The fraction of sp³-hybridized carbons (Fsp3) is 0.294. The van der Waals surface area contributed by atoms with Crippen molar-refractivity contribution in [2.24, 2.45) is 0 Å². The van der Waals surface area contributed by atoms with Crippen molar-refractivity contribution in [3.8, 4) is 11.5 Å². The topological polar surface area (TPSA) is 60.7 Å². The summed E-state index contributed by atoms with van der Waals surface area (Å²) < 4.78 is 50.7. The summed E-state index contributed by atoms with van der Waals surface area (Å²) in [6, 6.07) is 7.86. The summed E-state index contributed by atoms with van der Waals surface area (Å²) in [4.78, 5) is 4.15. The van der Waals surface area contributed by atoms with Gasteiger partial charge in [-0.05, 0) is 24.1 Å². The lowest BCUT2D eigenvalue weighted by molar-refractivity contribution is -0.142. The van der Waals surface area contributed by atoms with Crippen molar-refractivity contribution in [1.82, 2.24) is 14.6 Å². The van der Waals surface area contributed by atoms with Gasteiger partial charge in [-0.3, -0.25) is 0 Å². The minimum atomic E-state index is -4.52. The van der Waals surface area contributed by atoms with E-state index in [0.29, 0.717) is 24.5 Å². The molecule has 3 aromatic rings. The molecule has 0 radical (unpaired) electrons. The Balaban J connectivity index is 1.74. The number of alkyl halides is 3. The zero-order valence-electron chi connectivity index (χ0n) is 14.2. The Hall–Kier alpha value is -2.97. The van der Waals surface area contributed by atoms with Crippen LogP contribution in [0, 0.1) is 0 Å². The van der Waals surface area contributed by atoms with Gasteiger partial charge in [0, 0.05) is 18.7 Å². The molecule has 0 atom stereocenters. The number of hydrogen-bond acceptors (Lipinski definition) is 5. The van der Waals surface area contributed by atoms with Crippen LogP contribution < -0.4 is 14.8 Å². The third-order valence-corrected chi connectivity index (χ3v) is 3.82. The summed E-state index contributed by atoms with van der Waals surface area (Å²) in [5.74, 6) is 1.36. The van der Waals surface area contributed by atoms with Crippen molar-refractivity contribution in [1.29, 1.82) is 0 Å². The highest BCUT2D eigenvalue weighted by atomic mass is 19.4. The van der Waals surface area contributed by atoms with Gasteiger partial charge in [0.15, 0.2) is 22.8 Å². The standard InChI is InChI=1S/C17H17F3N4O2/c1-25-12-4-3-11(9-13(12)26-2)5-7-21-15-10-14(17(18,19)20)24-16(23-15)6-8-22-24/h3-4,6,8-10H,5,7H2,1-2H3,(H,21,23). The maximum Gasteiger partial charge on any atom is 0.433 e. The number of fused-ring (bicyclic) bond motifs is 1. The van der Waals surface area contributed by atoms with Crippen LogP contribution in [0.15, 0.2) is 36.5 Å². The van der Waals surface area contributed by atoms with E-state index in [9.17, 15) is 13.2 Å². The second-order valence-electron chi connectivity index (χ2n) is 5.49. The molecular weight excluding hydrogens is 349 g/mol. The second-order valence-corrected chi connectivity index (χ2v) is 5.49. The number of hydrogen-bond donors (Lipinski definition) is 1. The average Bonchev–Trinajstić information content (AvgIpc) is 3.08. The van der Waals surface area contributed by atoms with Crippen molar-refractivity contribution in [2.45, 2.75) is 12.6 Å². The summed E-state index contributed by atoms with van der Waals surface area (Å²) in [5, 5.41) is 6.60. The minimum Gasteiger partial charge on any atom is -0.493 e. The number of anilines is 1. The molecule has 26 heavy (non-hydrogen) atoms. The number of nitrogens with zero attached hydrogens (tertiary/aromatic N) is 3. The highest BCUT2D eigenvalue weighted by molar-refractivity contribution is 5.49. The molecule has 0 unspecified atom stereocenters. The SMILES string of the molecule is COc1ccc(CCNc2cc(C(F)(F)F)n3nccc3n2)cc1OC. The maximum absolute atomic E-state index is 13.2. The Kier molecular flexibility index (Phi) is 4.88. The van der Waals surface area contributed by atoms with Crippen molar-refractivity contribution in [2.75, 3.05) is 26.1 Å². The summed E-state index contributed by atoms with van der Waals surface area (Å²) in [6.07, 6.45) is -2.66. The molecule has 1 N–H and O–H groups in total. The average molecular weight is 366 g/mol. The molecule has 2 aromatic heterocycles. The first-order chi connectivity index (χ1) is 12.4. The van der Waals surface area contributed by atoms with Crippen LogP contribution in [0.2, 0.25) is 0 Å². The van der Waals surface area contributed by atoms with Gasteiger partial charge >= 0.3 is 6.18 Å². The third kappa shape index (κ3) is 3.66. The lowest BCUT2D eigenvalue weighted by atomic mass is 10.1. The molecule has 0 spiro atoms. The summed E-state index contributed by atoms with van der Waals surface area (Å²) in [7, 11) is 3.10. The van der Waals surface area contributed by atoms with E-state index in [0.717, 1.165) is 16.1 Å². The molecule has 1 aromatic carbocycles. The molecule has 0 fully saturated rings. The number of ether oxygens (including phenoxy) is 2. The van der Waals surface area contributed by atoms with Crippen LogP contribution >= 0.6 is 0 Å². The first kappa shape index (κ1) is 17.8. The monoisotopic (exact) mass is 366 g/mol. The molecule has 0 bridgehead atoms. The van der Waals surface area contributed by atoms with Gasteiger partial charge in [0.2, 0.25) is 0 Å². The lowest BCUT2D eigenvalue weighted by Crippen LogP contribution is -2.15. The molecule has 0 saturated carbocycles. The van der Waals surface area contributed by atoms with Crippen molar-refractivity contribution >= 4 is 11.5 Å². The molecule has 0 aliphatic rings. The molecule has 9 heteroatoms. The highest BCUT2D eigenvalue weighted by Gasteiger charge is 2.34. The van der Waals surface area contributed by atoms with Crippen molar-refractivity contribution in [3.05, 3.63) is 47.8 Å². The van der Waals surface area contributed by atoms with Gasteiger partial charge in [0.1, 0.15) is 5.82 Å². The van der Waals surface area contributed by atoms with Crippen LogP contribution in [-0.2, 0) is 12.6 Å². The molecule has 0 saturated heterocycles. The van der Waals surface area contributed by atoms with Gasteiger partial charge in [-0.15, -0.1) is 0 Å². The molecule has 3 rings (SSSR count). The zero-order valence-corrected chi connectivity index (χ0v) is 14.2. The molecular formula is C17H17F3N4O2. The van der Waals surface area contributed by atoms with E-state index in [1.807, 2.05) is 12.1 Å². The van der Waals surface area contributed by atoms with E-state index in [4.69, 9.17) is 9.47 Å². The van der Waals surface area contributed by atoms with Crippen LogP contribution in [0.1, 0.15) is 11.3 Å². The third-order valence-electron chi connectivity index (χ3n) is 3.82. The van der Waals surface area contributed by atoms with E-state index in [-0.39, 0.29) is 11.5 Å². The van der Waals surface area contributed by atoms with Gasteiger partial charge in [0.05, 0.1) is 20.4 Å². The number of aromatic nitrogens is 3. The first-order valence-corrected chi connectivity index (χ1v) is 7.79. The van der Waals surface area contributed by atoms with Crippen molar-refractivity contribution < 1.29 is 22.6 Å². The second kappa shape index (κ2) is 7.11. The quantitative estimate of drug-likeness (QED) is 0.724. The Morgan fingerprint density at radius 1 is 1.08 bits per heavy atom. The van der Waals surface area contributed by atoms with E-state index in [1.54, 1.807) is 20.3 Å². The molecule has 6 nitrogen and oxygen atoms in total. The zero-order chi connectivity index (χ0) is 18.7.